The maximum atomic E-state index is 12.2. The van der Waals surface area contributed by atoms with E-state index in [1.807, 2.05) is 0 Å². The highest BCUT2D eigenvalue weighted by Crippen LogP contribution is 2.29. The van der Waals surface area contributed by atoms with Crippen LogP contribution in [0.4, 0.5) is 13.2 Å². The molecule has 0 radical (unpaired) electrons. The second kappa shape index (κ2) is 5.37. The van der Waals surface area contributed by atoms with E-state index in [9.17, 15) is 13.2 Å². The number of hydrogen-bond donors (Lipinski definition) is 0. The van der Waals surface area contributed by atoms with Crippen molar-refractivity contribution in [2.75, 3.05) is 0 Å². The Bertz CT molecular complexity index is 281. The second-order valence-electron chi connectivity index (χ2n) is 2.99. The zero-order valence-electron chi connectivity index (χ0n) is 7.44. The van der Waals surface area contributed by atoms with Gasteiger partial charge in [0.05, 0.1) is 5.56 Å². The van der Waals surface area contributed by atoms with Crippen LogP contribution in [0.2, 0.25) is 4.55 Å². The Hall–Kier alpha value is 0.256. The summed E-state index contributed by atoms with van der Waals surface area (Å²) in [6, 6.07) is 5.40. The van der Waals surface area contributed by atoms with Crippen LogP contribution in [0, 0.1) is 0 Å². The highest BCUT2D eigenvalue weighted by atomic mass is 79.9. The minimum absolute atomic E-state index is 0.177. The molecule has 1 aromatic carbocycles. The van der Waals surface area contributed by atoms with Crippen LogP contribution in [0.15, 0.2) is 24.3 Å². The Kier molecular flexibility index (Phi) is 4.73. The molecule has 74 valence electrons. The molecule has 1 aromatic rings. The van der Waals surface area contributed by atoms with Crippen molar-refractivity contribution in [2.24, 2.45) is 0 Å². The first kappa shape index (κ1) is 12.3. The van der Waals surface area contributed by atoms with E-state index < -0.39 is 11.7 Å². The normalized spacial score (nSPS) is 11.1. The standard InChI is InChI=1S/C9H8F3.BrH.Mg/c1-2-7-3-5-8(6-4-7)9(10,11)12;;/h3-6H,1-2H2;1H;/q;;+1/p-1. The van der Waals surface area contributed by atoms with Crippen LogP contribution in [0.1, 0.15) is 11.1 Å². The zero-order valence-corrected chi connectivity index (χ0v) is 10.4. The Morgan fingerprint density at radius 2 is 1.71 bits per heavy atom. The average Bonchev–Trinajstić information content (AvgIpc) is 2.14. The van der Waals surface area contributed by atoms with Crippen molar-refractivity contribution in [1.82, 2.24) is 0 Å². The molecule has 0 bridgehead atoms. The molecule has 1 rings (SSSR count). The molecule has 0 heterocycles. The highest BCUT2D eigenvalue weighted by molar-refractivity contribution is 9.23. The predicted octanol–water partition coefficient (Wildman–Crippen LogP) is 3.68. The molecule has 5 heteroatoms. The van der Waals surface area contributed by atoms with Gasteiger partial charge in [-0.15, -0.1) is 4.55 Å². The molecule has 0 unspecified atom stereocenters. The number of hydrogen-bond acceptors (Lipinski definition) is 0. The summed E-state index contributed by atoms with van der Waals surface area (Å²) in [7, 11) is 0. The van der Waals surface area contributed by atoms with Crippen molar-refractivity contribution in [3.05, 3.63) is 35.4 Å². The van der Waals surface area contributed by atoms with Crippen molar-refractivity contribution in [3.8, 4) is 0 Å². The van der Waals surface area contributed by atoms with Crippen molar-refractivity contribution in [2.45, 2.75) is 17.1 Å². The maximum Gasteiger partial charge on any atom is 0.468 e. The molecule has 0 amide bonds. The summed E-state index contributed by atoms with van der Waals surface area (Å²) in [6.07, 6.45) is -3.35. The van der Waals surface area contributed by atoms with Crippen LogP contribution in [0.3, 0.4) is 0 Å². The summed E-state index contributed by atoms with van der Waals surface area (Å²) >= 11 is 3.24. The lowest BCUT2D eigenvalue weighted by molar-refractivity contribution is -0.137. The number of alkyl halides is 3. The van der Waals surface area contributed by atoms with Gasteiger partial charge in [-0.3, -0.25) is 0 Å². The first-order chi connectivity index (χ1) is 6.54. The fourth-order valence-corrected chi connectivity index (χ4v) is 2.51. The number of halogens is 4. The van der Waals surface area contributed by atoms with Gasteiger partial charge >= 0.3 is 24.4 Å². The lowest BCUT2D eigenvalue weighted by Gasteiger charge is -2.06. The van der Waals surface area contributed by atoms with Crippen molar-refractivity contribution in [1.29, 1.82) is 0 Å². The van der Waals surface area contributed by atoms with Gasteiger partial charge in [-0.05, 0) is 18.6 Å². The molecule has 0 nitrogen and oxygen atoms in total. The van der Waals surface area contributed by atoms with E-state index in [0.29, 0.717) is 0 Å². The van der Waals surface area contributed by atoms with Gasteiger partial charge in [0, 0.05) is 0 Å². The van der Waals surface area contributed by atoms with Gasteiger partial charge in [0.1, 0.15) is 0 Å². The molecule has 0 spiro atoms. The SMILES string of the molecule is FC(F)(F)c1ccc(C[CH2][Mg][Br])cc1. The van der Waals surface area contributed by atoms with Crippen molar-refractivity contribution >= 4 is 31.1 Å². The third-order valence-corrected chi connectivity index (χ3v) is 4.18. The summed E-state index contributed by atoms with van der Waals surface area (Å²) < 4.78 is 37.6. The van der Waals surface area contributed by atoms with E-state index in [1.165, 1.54) is 0 Å². The smallest absolute Gasteiger partial charge is 0.307 e. The van der Waals surface area contributed by atoms with E-state index in [1.54, 1.807) is 12.1 Å². The Labute approximate surface area is 96.5 Å². The Balaban J connectivity index is 2.69. The molecule has 0 atom stereocenters. The molecule has 0 aromatic heterocycles. The molecule has 0 aliphatic rings. The van der Waals surface area contributed by atoms with Gasteiger partial charge < -0.3 is 12.9 Å². The molecular formula is C9H8BrF3Mg. The summed E-state index contributed by atoms with van der Waals surface area (Å²) in [5.41, 5.74) is 0.405. The number of rotatable bonds is 3. The minimum atomic E-state index is -4.22. The average molecular weight is 277 g/mol. The Morgan fingerprint density at radius 3 is 2.14 bits per heavy atom. The zero-order chi connectivity index (χ0) is 10.6. The number of benzene rings is 1. The molecule has 0 saturated carbocycles. The predicted molar refractivity (Wildman–Crippen MR) is 54.6 cm³/mol. The quantitative estimate of drug-likeness (QED) is 0.739. The van der Waals surface area contributed by atoms with Gasteiger partial charge in [-0.2, -0.15) is 13.2 Å². The van der Waals surface area contributed by atoms with Crippen LogP contribution in [0.5, 0.6) is 0 Å². The Morgan fingerprint density at radius 1 is 1.14 bits per heavy atom. The van der Waals surface area contributed by atoms with Crippen molar-refractivity contribution < 1.29 is 13.2 Å². The first-order valence-electron chi connectivity index (χ1n) is 4.26. The molecule has 0 aliphatic heterocycles. The fraction of sp³-hybridized carbons (Fsp3) is 0.333. The lowest BCUT2D eigenvalue weighted by Crippen LogP contribution is -2.04. The van der Waals surface area contributed by atoms with Crippen LogP contribution in [0.25, 0.3) is 0 Å². The molecule has 0 N–H and O–H groups in total. The van der Waals surface area contributed by atoms with E-state index in [0.717, 1.165) is 28.7 Å². The number of aryl methyl sites for hydroxylation is 1. The minimum Gasteiger partial charge on any atom is -0.307 e. The van der Waals surface area contributed by atoms with E-state index in [2.05, 4.69) is 12.9 Å². The van der Waals surface area contributed by atoms with Crippen LogP contribution < -0.4 is 0 Å². The summed E-state index contributed by atoms with van der Waals surface area (Å²) in [4.78, 5) is 0. The fourth-order valence-electron chi connectivity index (χ4n) is 1.13. The molecule has 14 heavy (non-hydrogen) atoms. The van der Waals surface area contributed by atoms with Gasteiger partial charge in [0.25, 0.3) is 0 Å². The third-order valence-electron chi connectivity index (χ3n) is 1.88. The van der Waals surface area contributed by atoms with E-state index >= 15 is 0 Å². The van der Waals surface area contributed by atoms with Gasteiger partial charge in [-0.25, -0.2) is 0 Å². The molecular weight excluding hydrogens is 269 g/mol. The monoisotopic (exact) mass is 276 g/mol. The van der Waals surface area contributed by atoms with Gasteiger partial charge in [-0.1, -0.05) is 17.7 Å². The van der Waals surface area contributed by atoms with Crippen LogP contribution >= 0.6 is 12.9 Å². The van der Waals surface area contributed by atoms with Crippen molar-refractivity contribution in [3.63, 3.8) is 0 Å². The van der Waals surface area contributed by atoms with Crippen LogP contribution in [-0.4, -0.2) is 18.2 Å². The molecule has 0 saturated heterocycles. The molecule has 0 aliphatic carbocycles. The van der Waals surface area contributed by atoms with Crippen LogP contribution in [-0.2, 0) is 12.6 Å². The second-order valence-corrected chi connectivity index (χ2v) is 6.45. The summed E-state index contributed by atoms with van der Waals surface area (Å²) in [6.45, 7) is 0. The largest absolute Gasteiger partial charge is 0.468 e. The third kappa shape index (κ3) is 3.78. The topological polar surface area (TPSA) is 0 Å². The first-order valence-corrected chi connectivity index (χ1v) is 9.16. The summed E-state index contributed by atoms with van der Waals surface area (Å²) in [5, 5.41) is 0. The van der Waals surface area contributed by atoms with Gasteiger partial charge in [0.15, 0.2) is 0 Å². The summed E-state index contributed by atoms with van der Waals surface area (Å²) in [5.74, 6) is 0. The van der Waals surface area contributed by atoms with Gasteiger partial charge in [0.2, 0.25) is 0 Å². The lowest BCUT2D eigenvalue weighted by atomic mass is 10.1. The van der Waals surface area contributed by atoms with E-state index in [-0.39, 0.29) is 18.2 Å². The highest BCUT2D eigenvalue weighted by Gasteiger charge is 2.29. The maximum absolute atomic E-state index is 12.2. The van der Waals surface area contributed by atoms with E-state index in [4.69, 9.17) is 0 Å². The molecule has 0 fully saturated rings.